The third kappa shape index (κ3) is 1.85. The maximum atomic E-state index is 4.26. The van der Waals surface area contributed by atoms with Crippen molar-refractivity contribution in [3.63, 3.8) is 0 Å². The highest BCUT2D eigenvalue weighted by Crippen LogP contribution is 2.31. The molecule has 0 atom stereocenters. The zero-order valence-electron chi connectivity index (χ0n) is 6.35. The van der Waals surface area contributed by atoms with Gasteiger partial charge < -0.3 is 0 Å². The molecule has 2 nitrogen and oxygen atoms in total. The average molecular weight is 214 g/mol. The van der Waals surface area contributed by atoms with E-state index in [0.717, 1.165) is 10.2 Å². The molecule has 0 aromatic carbocycles. The van der Waals surface area contributed by atoms with Crippen LogP contribution in [0.1, 0.15) is 5.82 Å². The Morgan fingerprint density at radius 2 is 2.42 bits per heavy atom. The van der Waals surface area contributed by atoms with Crippen molar-refractivity contribution in [2.24, 2.45) is 0 Å². The maximum absolute atomic E-state index is 4.26. The molecule has 0 saturated heterocycles. The van der Waals surface area contributed by atoms with Crippen LogP contribution in [0, 0.1) is 6.92 Å². The molecule has 2 aromatic heterocycles. The fourth-order valence-electron chi connectivity index (χ4n) is 0.727. The molecule has 0 saturated carbocycles. The van der Waals surface area contributed by atoms with Crippen LogP contribution in [0.5, 0.6) is 0 Å². The minimum Gasteiger partial charge on any atom is -0.213 e. The van der Waals surface area contributed by atoms with E-state index < -0.39 is 0 Å². The van der Waals surface area contributed by atoms with E-state index in [1.165, 1.54) is 15.7 Å². The number of aromatic nitrogens is 2. The molecular formula is C7H6N2S3. The molecule has 2 rings (SSSR count). The van der Waals surface area contributed by atoms with E-state index in [4.69, 9.17) is 0 Å². The molecule has 0 unspecified atom stereocenters. The topological polar surface area (TPSA) is 25.8 Å². The lowest BCUT2D eigenvalue weighted by molar-refractivity contribution is 1.10. The van der Waals surface area contributed by atoms with E-state index >= 15 is 0 Å². The van der Waals surface area contributed by atoms with E-state index in [1.807, 2.05) is 13.0 Å². The molecule has 12 heavy (non-hydrogen) atoms. The van der Waals surface area contributed by atoms with Gasteiger partial charge in [0, 0.05) is 0 Å². The normalized spacial score (nSPS) is 10.4. The van der Waals surface area contributed by atoms with Crippen molar-refractivity contribution in [1.29, 1.82) is 0 Å². The van der Waals surface area contributed by atoms with Crippen LogP contribution < -0.4 is 0 Å². The van der Waals surface area contributed by atoms with Crippen LogP contribution in [-0.2, 0) is 0 Å². The summed E-state index contributed by atoms with van der Waals surface area (Å²) in [6.07, 6.45) is 0. The number of nitrogens with zero attached hydrogens (tertiary/aromatic N) is 2. The SMILES string of the molecule is Cc1nsc(Sc2cccs2)n1. The van der Waals surface area contributed by atoms with Crippen LogP contribution in [0.4, 0.5) is 0 Å². The summed E-state index contributed by atoms with van der Waals surface area (Å²) in [5.74, 6) is 0.860. The summed E-state index contributed by atoms with van der Waals surface area (Å²) in [7, 11) is 0. The molecule has 0 spiro atoms. The fraction of sp³-hybridized carbons (Fsp3) is 0.143. The Labute approximate surface area is 82.8 Å². The van der Waals surface area contributed by atoms with Gasteiger partial charge in [-0.15, -0.1) is 11.3 Å². The van der Waals surface area contributed by atoms with E-state index in [2.05, 4.69) is 20.8 Å². The molecular weight excluding hydrogens is 208 g/mol. The van der Waals surface area contributed by atoms with Crippen LogP contribution in [-0.4, -0.2) is 9.36 Å². The lowest BCUT2D eigenvalue weighted by Crippen LogP contribution is -1.70. The zero-order valence-corrected chi connectivity index (χ0v) is 8.80. The van der Waals surface area contributed by atoms with Gasteiger partial charge in [-0.3, -0.25) is 0 Å². The number of hydrogen-bond donors (Lipinski definition) is 0. The molecule has 0 N–H and O–H groups in total. The van der Waals surface area contributed by atoms with Gasteiger partial charge in [0.2, 0.25) is 0 Å². The van der Waals surface area contributed by atoms with Crippen LogP contribution >= 0.6 is 34.6 Å². The Hall–Kier alpha value is -0.390. The lowest BCUT2D eigenvalue weighted by Gasteiger charge is -1.87. The first-order valence-corrected chi connectivity index (χ1v) is 5.83. The van der Waals surface area contributed by atoms with Gasteiger partial charge in [0.25, 0.3) is 0 Å². The lowest BCUT2D eigenvalue weighted by atomic mass is 10.7. The standard InChI is InChI=1S/C7H6N2S3/c1-5-8-7(12-9-5)11-6-3-2-4-10-6/h2-4H,1H3. The molecule has 2 heterocycles. The molecule has 0 fully saturated rings. The Morgan fingerprint density at radius 3 is 3.00 bits per heavy atom. The number of rotatable bonds is 2. The van der Waals surface area contributed by atoms with Gasteiger partial charge in [0.1, 0.15) is 5.82 Å². The summed E-state index contributed by atoms with van der Waals surface area (Å²) in [5.41, 5.74) is 0. The summed E-state index contributed by atoms with van der Waals surface area (Å²) < 4.78 is 6.40. The second-order valence-electron chi connectivity index (χ2n) is 2.14. The number of thiophene rings is 1. The summed E-state index contributed by atoms with van der Waals surface area (Å²) in [4.78, 5) is 4.26. The molecule has 0 aliphatic heterocycles. The van der Waals surface area contributed by atoms with Gasteiger partial charge in [-0.2, -0.15) is 4.37 Å². The monoisotopic (exact) mass is 214 g/mol. The Morgan fingerprint density at radius 1 is 1.50 bits per heavy atom. The van der Waals surface area contributed by atoms with Gasteiger partial charge in [0.05, 0.1) is 4.21 Å². The number of hydrogen-bond acceptors (Lipinski definition) is 5. The molecule has 5 heteroatoms. The van der Waals surface area contributed by atoms with Gasteiger partial charge in [-0.05, 0) is 41.7 Å². The van der Waals surface area contributed by atoms with Crippen LogP contribution in [0.3, 0.4) is 0 Å². The average Bonchev–Trinajstić information content (AvgIpc) is 2.63. The predicted octanol–water partition coefficient (Wildman–Crippen LogP) is 3.06. The van der Waals surface area contributed by atoms with Crippen molar-refractivity contribution in [3.8, 4) is 0 Å². The Balaban J connectivity index is 2.14. The van der Waals surface area contributed by atoms with Crippen molar-refractivity contribution in [3.05, 3.63) is 23.3 Å². The van der Waals surface area contributed by atoms with Crippen LogP contribution in [0.15, 0.2) is 26.1 Å². The first-order valence-electron chi connectivity index (χ1n) is 3.36. The first kappa shape index (κ1) is 8.22. The van der Waals surface area contributed by atoms with Crippen molar-refractivity contribution in [2.75, 3.05) is 0 Å². The molecule has 0 aliphatic rings. The quantitative estimate of drug-likeness (QED) is 0.768. The Kier molecular flexibility index (Phi) is 2.43. The highest BCUT2D eigenvalue weighted by molar-refractivity contribution is 8.02. The van der Waals surface area contributed by atoms with Crippen LogP contribution in [0.2, 0.25) is 0 Å². The zero-order chi connectivity index (χ0) is 8.39. The van der Waals surface area contributed by atoms with Crippen molar-refractivity contribution < 1.29 is 0 Å². The third-order valence-corrected chi connectivity index (χ3v) is 4.07. The molecule has 0 amide bonds. The van der Waals surface area contributed by atoms with Gasteiger partial charge in [-0.25, -0.2) is 4.98 Å². The van der Waals surface area contributed by atoms with Crippen molar-refractivity contribution in [2.45, 2.75) is 15.5 Å². The van der Waals surface area contributed by atoms with Crippen molar-refractivity contribution >= 4 is 34.6 Å². The smallest absolute Gasteiger partial charge is 0.175 e. The summed E-state index contributed by atoms with van der Waals surface area (Å²) in [5, 5.41) is 2.07. The van der Waals surface area contributed by atoms with Crippen molar-refractivity contribution in [1.82, 2.24) is 9.36 Å². The molecule has 0 bridgehead atoms. The van der Waals surface area contributed by atoms with Gasteiger partial charge in [0.15, 0.2) is 4.34 Å². The molecule has 2 aromatic rings. The molecule has 0 radical (unpaired) electrons. The minimum absolute atomic E-state index is 0.860. The van der Waals surface area contributed by atoms with E-state index in [1.54, 1.807) is 23.1 Å². The Bertz CT molecular complexity index is 352. The maximum Gasteiger partial charge on any atom is 0.175 e. The van der Waals surface area contributed by atoms with Gasteiger partial charge >= 0.3 is 0 Å². The largest absolute Gasteiger partial charge is 0.213 e. The highest BCUT2D eigenvalue weighted by atomic mass is 32.2. The van der Waals surface area contributed by atoms with Gasteiger partial charge in [-0.1, -0.05) is 6.07 Å². The van der Waals surface area contributed by atoms with E-state index in [-0.39, 0.29) is 0 Å². The minimum atomic E-state index is 0.860. The number of aryl methyl sites for hydroxylation is 1. The summed E-state index contributed by atoms with van der Waals surface area (Å²) in [6.45, 7) is 1.91. The summed E-state index contributed by atoms with van der Waals surface area (Å²) >= 11 is 4.86. The predicted molar refractivity (Wildman–Crippen MR) is 53.1 cm³/mol. The molecule has 62 valence electrons. The second kappa shape index (κ2) is 3.55. The first-order chi connectivity index (χ1) is 5.84. The van der Waals surface area contributed by atoms with E-state index in [0.29, 0.717) is 0 Å². The third-order valence-electron chi connectivity index (χ3n) is 1.19. The van der Waals surface area contributed by atoms with Crippen LogP contribution in [0.25, 0.3) is 0 Å². The highest BCUT2D eigenvalue weighted by Gasteiger charge is 2.02. The second-order valence-corrected chi connectivity index (χ2v) is 5.39. The molecule has 0 aliphatic carbocycles. The summed E-state index contributed by atoms with van der Waals surface area (Å²) in [6, 6.07) is 4.13. The fourth-order valence-corrected chi connectivity index (χ4v) is 3.38. The van der Waals surface area contributed by atoms with E-state index in [9.17, 15) is 0 Å².